The number of hydrogen-bond acceptors (Lipinski definition) is 8. The molecule has 17 heteroatoms. The van der Waals surface area contributed by atoms with E-state index >= 15 is 0 Å². The van der Waals surface area contributed by atoms with Crippen LogP contribution in [0.5, 0.6) is 0 Å². The molecule has 52 heavy (non-hydrogen) atoms. The lowest BCUT2D eigenvalue weighted by molar-refractivity contribution is -0.193. The number of aromatic nitrogens is 4. The molecule has 3 heterocycles. The number of anilines is 2. The predicted octanol–water partition coefficient (Wildman–Crippen LogP) is 6.89. The highest BCUT2D eigenvalue weighted by molar-refractivity contribution is 5.73. The Balaban J connectivity index is 0.000000367. The monoisotopic (exact) mass is 735 g/mol. The molecule has 1 saturated carbocycles. The van der Waals surface area contributed by atoms with E-state index in [4.69, 9.17) is 24.8 Å². The lowest BCUT2D eigenvalue weighted by Crippen LogP contribution is -2.55. The maximum atomic E-state index is 10.6. The first kappa shape index (κ1) is 39.6. The lowest BCUT2D eigenvalue weighted by Gasteiger charge is -2.40. The van der Waals surface area contributed by atoms with Crippen LogP contribution < -0.4 is 15.5 Å². The average Bonchev–Trinajstić information content (AvgIpc) is 3.56. The molecule has 2 aromatic heterocycles. The highest BCUT2D eigenvalue weighted by atomic mass is 19.4. The molecule has 3 atom stereocenters. The zero-order valence-electron chi connectivity index (χ0n) is 28.1. The third-order valence-electron chi connectivity index (χ3n) is 8.35. The number of piperidine rings is 1. The number of nitrogens with one attached hydrogen (secondary N) is 2. The number of halogens is 6. The van der Waals surface area contributed by atoms with Gasteiger partial charge in [-0.1, -0.05) is 43.2 Å². The van der Waals surface area contributed by atoms with Gasteiger partial charge in [0.2, 0.25) is 5.95 Å². The van der Waals surface area contributed by atoms with Gasteiger partial charge in [-0.15, -0.1) is 0 Å². The Morgan fingerprint density at radius 3 is 1.98 bits per heavy atom. The van der Waals surface area contributed by atoms with Gasteiger partial charge in [-0.25, -0.2) is 24.2 Å². The van der Waals surface area contributed by atoms with E-state index in [2.05, 4.69) is 75.1 Å². The highest BCUT2D eigenvalue weighted by Crippen LogP contribution is 2.26. The molecule has 2 aliphatic rings. The van der Waals surface area contributed by atoms with Crippen molar-refractivity contribution < 1.29 is 46.1 Å². The van der Waals surface area contributed by atoms with Crippen LogP contribution in [0.2, 0.25) is 0 Å². The molecule has 0 radical (unpaired) electrons. The van der Waals surface area contributed by atoms with E-state index in [9.17, 15) is 26.3 Å². The van der Waals surface area contributed by atoms with Crippen molar-refractivity contribution in [2.24, 2.45) is 0 Å². The largest absolute Gasteiger partial charge is 0.490 e. The van der Waals surface area contributed by atoms with Gasteiger partial charge in [-0.3, -0.25) is 0 Å². The third kappa shape index (κ3) is 12.0. The topological polar surface area (TPSA) is 146 Å². The minimum absolute atomic E-state index is 0.335. The summed E-state index contributed by atoms with van der Waals surface area (Å²) in [5.74, 6) is -4.79. The Bertz CT molecular complexity index is 1710. The van der Waals surface area contributed by atoms with E-state index in [1.54, 1.807) is 0 Å². The Morgan fingerprint density at radius 2 is 1.40 bits per heavy atom. The van der Waals surface area contributed by atoms with Crippen LogP contribution in [0.15, 0.2) is 79.3 Å². The molecule has 6 rings (SSSR count). The minimum atomic E-state index is -5.08. The van der Waals surface area contributed by atoms with Crippen molar-refractivity contribution in [3.63, 3.8) is 0 Å². The Morgan fingerprint density at radius 1 is 0.808 bits per heavy atom. The van der Waals surface area contributed by atoms with Gasteiger partial charge in [0.15, 0.2) is 0 Å². The number of hydrogen-bond donors (Lipinski definition) is 4. The molecule has 280 valence electrons. The number of aliphatic carboxylic acids is 2. The van der Waals surface area contributed by atoms with Crippen LogP contribution in [0, 0.1) is 6.92 Å². The number of carbonyl (C=O) groups is 2. The SMILES string of the molecule is Cc1cnn(-c2ccc(N3CCC[C@H](N[C@@H]4CCCC[C@H]4Nc4nccc(-c5ccccc5)n4)C3)cc2)c1.O=C(O)C(F)(F)F.O=C(O)C(F)(F)F. The Labute approximate surface area is 295 Å². The van der Waals surface area contributed by atoms with Gasteiger partial charge in [-0.2, -0.15) is 31.4 Å². The van der Waals surface area contributed by atoms with Crippen LogP contribution in [-0.4, -0.2) is 85.5 Å². The van der Waals surface area contributed by atoms with Gasteiger partial charge in [-0.05, 0) is 68.5 Å². The standard InChI is InChI=1S/C31H37N7.2C2HF3O2/c1-23-20-33-38(21-23)27-15-13-26(14-16-27)37-19-7-10-25(22-37)34-29-11-5-6-12-30(29)36-31-32-18-17-28(35-31)24-8-3-2-4-9-24;2*3-2(4,5)1(6)7/h2-4,8-9,13-18,20-21,25,29-30,34H,5-7,10-12,19,22H2,1H3,(H,32,35,36);2*(H,6,7)/t25-,29+,30+;;/m0../s1. The number of alkyl halides is 6. The Kier molecular flexibility index (Phi) is 13.6. The summed E-state index contributed by atoms with van der Waals surface area (Å²) in [7, 11) is 0. The summed E-state index contributed by atoms with van der Waals surface area (Å²) in [6.07, 6.45) is 2.91. The fraction of sp³-hybridized carbons (Fsp3) is 0.400. The molecule has 0 unspecified atom stereocenters. The number of aryl methyl sites for hydroxylation is 1. The summed E-state index contributed by atoms with van der Waals surface area (Å²) in [6, 6.07) is 22.3. The van der Waals surface area contributed by atoms with Crippen LogP contribution in [0.4, 0.5) is 38.0 Å². The number of carboxylic acid groups (broad SMARTS) is 2. The molecule has 0 amide bonds. The lowest BCUT2D eigenvalue weighted by atomic mass is 9.89. The van der Waals surface area contributed by atoms with Crippen LogP contribution >= 0.6 is 0 Å². The molecule has 2 aromatic carbocycles. The summed E-state index contributed by atoms with van der Waals surface area (Å²) in [5.41, 5.74) is 5.63. The molecular formula is C35H39F6N7O4. The predicted molar refractivity (Wildman–Crippen MR) is 181 cm³/mol. The van der Waals surface area contributed by atoms with Crippen molar-refractivity contribution in [1.29, 1.82) is 0 Å². The molecule has 1 aliphatic carbocycles. The van der Waals surface area contributed by atoms with Crippen LogP contribution in [-0.2, 0) is 9.59 Å². The van der Waals surface area contributed by atoms with E-state index in [0.29, 0.717) is 18.1 Å². The summed E-state index contributed by atoms with van der Waals surface area (Å²) >= 11 is 0. The van der Waals surface area contributed by atoms with Gasteiger partial charge in [0, 0.05) is 54.9 Å². The molecule has 4 aromatic rings. The molecule has 1 aliphatic heterocycles. The van der Waals surface area contributed by atoms with Gasteiger partial charge in [0.1, 0.15) is 0 Å². The van der Waals surface area contributed by atoms with Crippen LogP contribution in [0.1, 0.15) is 44.1 Å². The fourth-order valence-electron chi connectivity index (χ4n) is 5.89. The zero-order valence-corrected chi connectivity index (χ0v) is 28.1. The van der Waals surface area contributed by atoms with Gasteiger partial charge >= 0.3 is 24.3 Å². The number of benzene rings is 2. The molecule has 0 spiro atoms. The molecule has 1 saturated heterocycles. The first-order valence-electron chi connectivity index (χ1n) is 16.5. The molecule has 11 nitrogen and oxygen atoms in total. The average molecular weight is 736 g/mol. The van der Waals surface area contributed by atoms with Crippen molar-refractivity contribution in [2.45, 2.75) is 75.9 Å². The first-order chi connectivity index (χ1) is 24.6. The van der Waals surface area contributed by atoms with Crippen molar-refractivity contribution in [3.05, 3.63) is 84.8 Å². The summed E-state index contributed by atoms with van der Waals surface area (Å²) in [6.45, 7) is 4.20. The van der Waals surface area contributed by atoms with Crippen LogP contribution in [0.25, 0.3) is 16.9 Å². The second-order valence-corrected chi connectivity index (χ2v) is 12.3. The van der Waals surface area contributed by atoms with Gasteiger partial charge in [0.25, 0.3) is 0 Å². The third-order valence-corrected chi connectivity index (χ3v) is 8.35. The second kappa shape index (κ2) is 17.8. The van der Waals surface area contributed by atoms with Crippen molar-refractivity contribution in [2.75, 3.05) is 23.3 Å². The second-order valence-electron chi connectivity index (χ2n) is 12.3. The maximum absolute atomic E-state index is 10.6. The van der Waals surface area contributed by atoms with Crippen LogP contribution in [0.3, 0.4) is 0 Å². The van der Waals surface area contributed by atoms with E-state index < -0.39 is 24.3 Å². The molecule has 2 fully saturated rings. The van der Waals surface area contributed by atoms with Gasteiger partial charge < -0.3 is 25.7 Å². The molecule has 4 N–H and O–H groups in total. The normalized spacial score (nSPS) is 19.0. The summed E-state index contributed by atoms with van der Waals surface area (Å²) in [4.78, 5) is 29.7. The zero-order chi connectivity index (χ0) is 37.9. The van der Waals surface area contributed by atoms with E-state index in [-0.39, 0.29) is 0 Å². The quantitative estimate of drug-likeness (QED) is 0.148. The number of nitrogens with zero attached hydrogens (tertiary/aromatic N) is 5. The Hall–Kier alpha value is -5.19. The maximum Gasteiger partial charge on any atom is 0.490 e. The summed E-state index contributed by atoms with van der Waals surface area (Å²) < 4.78 is 65.4. The minimum Gasteiger partial charge on any atom is -0.475 e. The van der Waals surface area contributed by atoms with Gasteiger partial charge in [0.05, 0.1) is 17.6 Å². The van der Waals surface area contributed by atoms with E-state index in [1.807, 2.05) is 41.3 Å². The van der Waals surface area contributed by atoms with Crippen molar-refractivity contribution >= 4 is 23.6 Å². The molecular weight excluding hydrogens is 696 g/mol. The van der Waals surface area contributed by atoms with Crippen molar-refractivity contribution in [1.82, 2.24) is 25.1 Å². The first-order valence-corrected chi connectivity index (χ1v) is 16.5. The van der Waals surface area contributed by atoms with Crippen molar-refractivity contribution in [3.8, 4) is 16.9 Å². The molecule has 0 bridgehead atoms. The highest BCUT2D eigenvalue weighted by Gasteiger charge is 2.39. The number of rotatable bonds is 7. The van der Waals surface area contributed by atoms with E-state index in [1.165, 1.54) is 43.4 Å². The summed E-state index contributed by atoms with van der Waals surface area (Å²) in [5, 5.41) is 26.4. The smallest absolute Gasteiger partial charge is 0.475 e. The fourth-order valence-corrected chi connectivity index (χ4v) is 5.89. The van der Waals surface area contributed by atoms with E-state index in [0.717, 1.165) is 42.4 Å². The number of carboxylic acids is 2.